The molecule has 0 spiro atoms. The Labute approximate surface area is 103 Å². The Morgan fingerprint density at radius 2 is 1.87 bits per heavy atom. The van der Waals surface area contributed by atoms with Gasteiger partial charge in [-0.3, -0.25) is 0 Å². The lowest BCUT2D eigenvalue weighted by atomic mass is 9.94. The second-order valence-corrected chi connectivity index (χ2v) is 7.22. The largest absolute Gasteiger partial charge is 0.359 e. The molecule has 0 radical (unpaired) electrons. The number of thiophene rings is 1. The minimum Gasteiger partial charge on any atom is -0.359 e. The number of fused-ring (bicyclic) bond motifs is 1. The summed E-state index contributed by atoms with van der Waals surface area (Å²) in [7, 11) is 0. The molecule has 1 aliphatic heterocycles. The van der Waals surface area contributed by atoms with E-state index in [1.54, 1.807) is 11.3 Å². The van der Waals surface area contributed by atoms with Gasteiger partial charge >= 0.3 is 0 Å². The number of halogens is 1. The van der Waals surface area contributed by atoms with Gasteiger partial charge in [-0.1, -0.05) is 0 Å². The van der Waals surface area contributed by atoms with Crippen LogP contribution < -0.4 is 5.73 Å². The molecule has 0 saturated heterocycles. The van der Waals surface area contributed by atoms with Gasteiger partial charge < -0.3 is 10.5 Å². The highest BCUT2D eigenvalue weighted by Gasteiger charge is 2.46. The van der Waals surface area contributed by atoms with Gasteiger partial charge in [0.1, 0.15) is 0 Å². The Morgan fingerprint density at radius 1 is 1.27 bits per heavy atom. The fourth-order valence-corrected chi connectivity index (χ4v) is 4.51. The van der Waals surface area contributed by atoms with E-state index in [1.807, 2.05) is 0 Å². The lowest BCUT2D eigenvalue weighted by Gasteiger charge is -2.26. The number of rotatable bonds is 1. The van der Waals surface area contributed by atoms with Crippen LogP contribution in [0.15, 0.2) is 3.79 Å². The van der Waals surface area contributed by atoms with Gasteiger partial charge in [-0.2, -0.15) is 0 Å². The summed E-state index contributed by atoms with van der Waals surface area (Å²) in [6.07, 6.45) is 0. The van der Waals surface area contributed by atoms with Crippen LogP contribution in [-0.4, -0.2) is 0 Å². The average Bonchev–Trinajstić information content (AvgIpc) is 2.48. The zero-order chi connectivity index (χ0) is 11.4. The predicted molar refractivity (Wildman–Crippen MR) is 67.0 cm³/mol. The lowest BCUT2D eigenvalue weighted by molar-refractivity contribution is -0.104. The number of nitrogens with two attached hydrogens (primary N) is 1. The Hall–Kier alpha value is 0.1000. The predicted octanol–water partition coefficient (Wildman–Crippen LogP) is 3.47. The summed E-state index contributed by atoms with van der Waals surface area (Å²) in [6.45, 7) is 9.01. The normalized spacial score (nSPS) is 21.7. The van der Waals surface area contributed by atoms with Gasteiger partial charge in [0.25, 0.3) is 0 Å². The van der Waals surface area contributed by atoms with Crippen molar-refractivity contribution in [2.75, 3.05) is 0 Å². The first-order valence-corrected chi connectivity index (χ1v) is 6.63. The summed E-state index contributed by atoms with van der Waals surface area (Å²) in [4.78, 5) is 1.31. The zero-order valence-corrected chi connectivity index (χ0v) is 11.9. The highest BCUT2D eigenvalue weighted by atomic mass is 79.9. The Kier molecular flexibility index (Phi) is 2.54. The number of ether oxygens (including phenoxy) is 1. The molecule has 84 valence electrons. The van der Waals surface area contributed by atoms with E-state index >= 15 is 0 Å². The molecule has 2 N–H and O–H groups in total. The molecule has 0 amide bonds. The molecule has 0 saturated carbocycles. The Balaban J connectivity index is 2.70. The number of hydrogen-bond donors (Lipinski definition) is 1. The van der Waals surface area contributed by atoms with Crippen molar-refractivity contribution in [2.45, 2.75) is 45.4 Å². The van der Waals surface area contributed by atoms with E-state index in [2.05, 4.69) is 43.6 Å². The summed E-state index contributed by atoms with van der Waals surface area (Å²) in [5.74, 6) is 0. The van der Waals surface area contributed by atoms with Crippen LogP contribution in [0.3, 0.4) is 0 Å². The maximum Gasteiger partial charge on any atom is 0.0982 e. The van der Waals surface area contributed by atoms with Crippen LogP contribution in [0.2, 0.25) is 0 Å². The molecular formula is C11H16BrNOS. The van der Waals surface area contributed by atoms with Crippen LogP contribution in [-0.2, 0) is 22.5 Å². The highest BCUT2D eigenvalue weighted by molar-refractivity contribution is 9.11. The minimum atomic E-state index is -0.226. The molecule has 0 atom stereocenters. The summed E-state index contributed by atoms with van der Waals surface area (Å²) >= 11 is 5.34. The van der Waals surface area contributed by atoms with Gasteiger partial charge in [0.2, 0.25) is 0 Å². The van der Waals surface area contributed by atoms with Gasteiger partial charge in [-0.05, 0) is 49.2 Å². The van der Waals surface area contributed by atoms with Crippen molar-refractivity contribution in [1.82, 2.24) is 0 Å². The first-order valence-electron chi connectivity index (χ1n) is 5.02. The molecule has 0 aromatic carbocycles. The van der Waals surface area contributed by atoms with Gasteiger partial charge in [-0.25, -0.2) is 0 Å². The maximum atomic E-state index is 6.08. The van der Waals surface area contributed by atoms with E-state index in [9.17, 15) is 0 Å². The molecule has 0 unspecified atom stereocenters. The Bertz CT molecular complexity index is 409. The standard InChI is InChI=1S/C11H16BrNOS/c1-10(2)7-6(5-13)9(12)15-8(7)11(3,4)14-10/h5,13H2,1-4H3. The number of hydrogen-bond acceptors (Lipinski definition) is 3. The van der Waals surface area contributed by atoms with E-state index in [1.165, 1.54) is 16.0 Å². The molecule has 2 rings (SSSR count). The lowest BCUT2D eigenvalue weighted by Crippen LogP contribution is -2.23. The van der Waals surface area contributed by atoms with Crippen LogP contribution in [0.4, 0.5) is 0 Å². The van der Waals surface area contributed by atoms with Crippen LogP contribution in [0.25, 0.3) is 0 Å². The van der Waals surface area contributed by atoms with E-state index in [0.29, 0.717) is 6.54 Å². The topological polar surface area (TPSA) is 35.2 Å². The fourth-order valence-electron chi connectivity index (χ4n) is 2.42. The quantitative estimate of drug-likeness (QED) is 0.859. The third kappa shape index (κ3) is 1.58. The summed E-state index contributed by atoms with van der Waals surface area (Å²) in [6, 6.07) is 0. The summed E-state index contributed by atoms with van der Waals surface area (Å²) < 4.78 is 7.23. The average molecular weight is 290 g/mol. The molecule has 1 aliphatic rings. The molecule has 1 aromatic heterocycles. The first-order chi connectivity index (χ1) is 6.79. The molecule has 1 aromatic rings. The van der Waals surface area contributed by atoms with Crippen LogP contribution in [0.1, 0.15) is 43.7 Å². The van der Waals surface area contributed by atoms with Crippen molar-refractivity contribution in [1.29, 1.82) is 0 Å². The van der Waals surface area contributed by atoms with Crippen LogP contribution in [0, 0.1) is 0 Å². The van der Waals surface area contributed by atoms with Crippen molar-refractivity contribution in [3.8, 4) is 0 Å². The van der Waals surface area contributed by atoms with Crippen molar-refractivity contribution in [2.24, 2.45) is 5.73 Å². The third-order valence-corrected chi connectivity index (χ3v) is 5.11. The van der Waals surface area contributed by atoms with Crippen LogP contribution >= 0.6 is 27.3 Å². The van der Waals surface area contributed by atoms with Gasteiger partial charge in [-0.15, -0.1) is 11.3 Å². The molecule has 2 heterocycles. The highest BCUT2D eigenvalue weighted by Crippen LogP contribution is 2.53. The first kappa shape index (κ1) is 11.6. The van der Waals surface area contributed by atoms with E-state index in [4.69, 9.17) is 10.5 Å². The van der Waals surface area contributed by atoms with E-state index in [-0.39, 0.29) is 11.2 Å². The van der Waals surface area contributed by atoms with Gasteiger partial charge in [0, 0.05) is 17.0 Å². The molecule has 0 bridgehead atoms. The molecule has 0 fully saturated rings. The molecule has 4 heteroatoms. The van der Waals surface area contributed by atoms with Crippen molar-refractivity contribution >= 4 is 27.3 Å². The second kappa shape index (κ2) is 3.29. The van der Waals surface area contributed by atoms with Gasteiger partial charge in [0.05, 0.1) is 15.0 Å². The minimum absolute atomic E-state index is 0.195. The van der Waals surface area contributed by atoms with Crippen molar-refractivity contribution in [3.05, 3.63) is 19.8 Å². The summed E-state index contributed by atoms with van der Waals surface area (Å²) in [5, 5.41) is 0. The molecule has 15 heavy (non-hydrogen) atoms. The fraction of sp³-hybridized carbons (Fsp3) is 0.636. The third-order valence-electron chi connectivity index (χ3n) is 2.82. The monoisotopic (exact) mass is 289 g/mol. The summed E-state index contributed by atoms with van der Waals surface area (Å²) in [5.41, 5.74) is 7.86. The molecule has 0 aliphatic carbocycles. The zero-order valence-electron chi connectivity index (χ0n) is 9.48. The molecule has 2 nitrogen and oxygen atoms in total. The SMILES string of the molecule is CC1(C)OC(C)(C)c2c1sc(Br)c2CN. The van der Waals surface area contributed by atoms with Crippen molar-refractivity contribution in [3.63, 3.8) is 0 Å². The van der Waals surface area contributed by atoms with Gasteiger partial charge in [0.15, 0.2) is 0 Å². The second-order valence-electron chi connectivity index (χ2n) is 4.89. The molecular weight excluding hydrogens is 274 g/mol. The maximum absolute atomic E-state index is 6.08. The Morgan fingerprint density at radius 3 is 2.40 bits per heavy atom. The van der Waals surface area contributed by atoms with E-state index in [0.717, 1.165) is 3.79 Å². The van der Waals surface area contributed by atoms with Crippen molar-refractivity contribution < 1.29 is 4.74 Å². The van der Waals surface area contributed by atoms with Crippen LogP contribution in [0.5, 0.6) is 0 Å². The smallest absolute Gasteiger partial charge is 0.0982 e. The van der Waals surface area contributed by atoms with E-state index < -0.39 is 0 Å².